The van der Waals surface area contributed by atoms with Crippen molar-refractivity contribution >= 4 is 17.5 Å². The fourth-order valence-electron chi connectivity index (χ4n) is 2.34. The van der Waals surface area contributed by atoms with Gasteiger partial charge in [-0.1, -0.05) is 29.8 Å². The van der Waals surface area contributed by atoms with E-state index in [1.807, 2.05) is 0 Å². The van der Waals surface area contributed by atoms with E-state index in [1.165, 1.54) is 7.05 Å². The van der Waals surface area contributed by atoms with Gasteiger partial charge in [0.1, 0.15) is 5.69 Å². The van der Waals surface area contributed by atoms with E-state index in [2.05, 4.69) is 15.3 Å². The number of nitrogens with one attached hydrogen (secondary N) is 1. The maximum Gasteiger partial charge on any atom is 0.296 e. The lowest BCUT2D eigenvalue weighted by atomic mass is 10.2. The molecule has 3 aromatic rings. The highest BCUT2D eigenvalue weighted by Crippen LogP contribution is 2.17. The highest BCUT2D eigenvalue weighted by molar-refractivity contribution is 6.30. The van der Waals surface area contributed by atoms with Crippen molar-refractivity contribution in [2.75, 3.05) is 0 Å². The zero-order chi connectivity index (χ0) is 18.7. The molecule has 0 saturated carbocycles. The van der Waals surface area contributed by atoms with Crippen molar-refractivity contribution in [3.8, 4) is 17.3 Å². The molecule has 3 rings (SSSR count). The minimum atomic E-state index is -0.725. The van der Waals surface area contributed by atoms with Crippen molar-refractivity contribution in [3.05, 3.63) is 75.3 Å². The maximum absolute atomic E-state index is 12.4. The van der Waals surface area contributed by atoms with Crippen molar-refractivity contribution in [2.45, 2.75) is 6.54 Å². The van der Waals surface area contributed by atoms with Crippen molar-refractivity contribution in [1.29, 1.82) is 0 Å². The summed E-state index contributed by atoms with van der Waals surface area (Å²) in [4.78, 5) is 33.0. The Hall–Kier alpha value is -3.19. The van der Waals surface area contributed by atoms with Gasteiger partial charge in [0.05, 0.1) is 0 Å². The first-order valence-electron chi connectivity index (χ1n) is 7.71. The Bertz CT molecular complexity index is 1000. The second-order valence-electron chi connectivity index (χ2n) is 5.52. The van der Waals surface area contributed by atoms with Gasteiger partial charge in [-0.15, -0.1) is 0 Å². The Morgan fingerprint density at radius 2 is 1.96 bits per heavy atom. The molecule has 8 heteroatoms. The van der Waals surface area contributed by atoms with Gasteiger partial charge in [0.2, 0.25) is 5.75 Å². The van der Waals surface area contributed by atoms with Gasteiger partial charge in [-0.05, 0) is 29.8 Å². The molecule has 0 bridgehead atoms. The Morgan fingerprint density at radius 3 is 2.62 bits per heavy atom. The number of nitrogens with zero attached hydrogens (tertiary/aromatic N) is 3. The second-order valence-corrected chi connectivity index (χ2v) is 5.96. The summed E-state index contributed by atoms with van der Waals surface area (Å²) in [6.45, 7) is 0.200. The van der Waals surface area contributed by atoms with Crippen LogP contribution in [0, 0.1) is 0 Å². The topological polar surface area (TPSA) is 97.1 Å². The predicted octanol–water partition coefficient (Wildman–Crippen LogP) is 2.13. The summed E-state index contributed by atoms with van der Waals surface area (Å²) in [6, 6.07) is 12.1. The number of carbonyl (C=O) groups is 1. The first-order chi connectivity index (χ1) is 12.5. The molecule has 0 unspecified atom stereocenters. The average Bonchev–Trinajstić information content (AvgIpc) is 2.66. The molecule has 0 saturated heterocycles. The van der Waals surface area contributed by atoms with Gasteiger partial charge in [0, 0.05) is 24.8 Å². The van der Waals surface area contributed by atoms with Crippen LogP contribution in [0.5, 0.6) is 5.75 Å². The molecular weight excluding hydrogens is 356 g/mol. The molecule has 0 atom stereocenters. The number of pyridine rings is 1. The highest BCUT2D eigenvalue weighted by atomic mass is 35.5. The first-order valence-corrected chi connectivity index (χ1v) is 8.09. The zero-order valence-electron chi connectivity index (χ0n) is 13.8. The molecule has 26 heavy (non-hydrogen) atoms. The van der Waals surface area contributed by atoms with Crippen molar-refractivity contribution < 1.29 is 9.90 Å². The molecule has 0 spiro atoms. The number of benzene rings is 1. The van der Waals surface area contributed by atoms with Crippen LogP contribution < -0.4 is 10.9 Å². The summed E-state index contributed by atoms with van der Waals surface area (Å²) in [5, 5.41) is 13.3. The molecule has 0 fully saturated rings. The van der Waals surface area contributed by atoms with E-state index >= 15 is 0 Å². The van der Waals surface area contributed by atoms with E-state index in [-0.39, 0.29) is 18.1 Å². The Morgan fingerprint density at radius 1 is 1.23 bits per heavy atom. The summed E-state index contributed by atoms with van der Waals surface area (Å²) < 4.78 is 1.15. The summed E-state index contributed by atoms with van der Waals surface area (Å²) in [7, 11) is 1.45. The SMILES string of the molecule is Cn1c(-c2ccccn2)nc(C(=O)NCc2ccc(Cl)cc2)c(O)c1=O. The summed E-state index contributed by atoms with van der Waals surface area (Å²) in [5.74, 6) is -1.18. The van der Waals surface area contributed by atoms with Gasteiger partial charge < -0.3 is 10.4 Å². The van der Waals surface area contributed by atoms with E-state index in [0.29, 0.717) is 10.7 Å². The maximum atomic E-state index is 12.4. The summed E-state index contributed by atoms with van der Waals surface area (Å²) >= 11 is 5.83. The first kappa shape index (κ1) is 17.6. The molecule has 0 aliphatic rings. The van der Waals surface area contributed by atoms with Crippen LogP contribution in [-0.4, -0.2) is 25.5 Å². The number of halogens is 1. The number of hydrogen-bond donors (Lipinski definition) is 2. The Kier molecular flexibility index (Phi) is 4.99. The van der Waals surface area contributed by atoms with E-state index in [4.69, 9.17) is 11.6 Å². The lowest BCUT2D eigenvalue weighted by molar-refractivity contribution is 0.0942. The van der Waals surface area contributed by atoms with Gasteiger partial charge in [-0.3, -0.25) is 19.1 Å². The Labute approximate surface area is 153 Å². The monoisotopic (exact) mass is 370 g/mol. The fourth-order valence-corrected chi connectivity index (χ4v) is 2.47. The van der Waals surface area contributed by atoms with Crippen molar-refractivity contribution in [1.82, 2.24) is 19.9 Å². The molecule has 0 aliphatic carbocycles. The number of rotatable bonds is 4. The largest absolute Gasteiger partial charge is 0.501 e. The van der Waals surface area contributed by atoms with Crippen LogP contribution in [0.2, 0.25) is 5.02 Å². The molecule has 1 aromatic carbocycles. The summed E-state index contributed by atoms with van der Waals surface area (Å²) in [6.07, 6.45) is 1.55. The van der Waals surface area contributed by atoms with E-state index in [9.17, 15) is 14.7 Å². The third kappa shape index (κ3) is 3.57. The highest BCUT2D eigenvalue weighted by Gasteiger charge is 2.21. The van der Waals surface area contributed by atoms with Gasteiger partial charge in [0.25, 0.3) is 11.5 Å². The molecule has 2 heterocycles. The minimum Gasteiger partial charge on any atom is -0.501 e. The molecule has 7 nitrogen and oxygen atoms in total. The quantitative estimate of drug-likeness (QED) is 0.733. The van der Waals surface area contributed by atoms with Crippen LogP contribution in [0.15, 0.2) is 53.5 Å². The van der Waals surface area contributed by atoms with Gasteiger partial charge >= 0.3 is 0 Å². The lowest BCUT2D eigenvalue weighted by Gasteiger charge is -2.11. The molecular formula is C18H15ClN4O3. The number of amides is 1. The number of hydrogen-bond acceptors (Lipinski definition) is 5. The third-order valence-corrected chi connectivity index (χ3v) is 3.99. The lowest BCUT2D eigenvalue weighted by Crippen LogP contribution is -2.29. The Balaban J connectivity index is 1.91. The normalized spacial score (nSPS) is 10.5. The number of aromatic hydroxyl groups is 1. The van der Waals surface area contributed by atoms with Crippen LogP contribution in [0.4, 0.5) is 0 Å². The van der Waals surface area contributed by atoms with Crippen LogP contribution in [0.25, 0.3) is 11.5 Å². The molecule has 2 N–H and O–H groups in total. The number of carbonyl (C=O) groups excluding carboxylic acids is 1. The van der Waals surface area contributed by atoms with E-state index in [1.54, 1.807) is 48.7 Å². The minimum absolute atomic E-state index is 0.185. The molecule has 0 aliphatic heterocycles. The van der Waals surface area contributed by atoms with Crippen molar-refractivity contribution in [2.24, 2.45) is 7.05 Å². The average molecular weight is 371 g/mol. The van der Waals surface area contributed by atoms with Crippen LogP contribution in [0.1, 0.15) is 16.1 Å². The van der Waals surface area contributed by atoms with E-state index in [0.717, 1.165) is 10.1 Å². The van der Waals surface area contributed by atoms with Gasteiger partial charge in [0.15, 0.2) is 11.5 Å². The van der Waals surface area contributed by atoms with Crippen LogP contribution in [0.3, 0.4) is 0 Å². The summed E-state index contributed by atoms with van der Waals surface area (Å²) in [5.41, 5.74) is 0.162. The second kappa shape index (κ2) is 7.37. The fraction of sp³-hybridized carbons (Fsp3) is 0.111. The smallest absolute Gasteiger partial charge is 0.296 e. The molecule has 0 radical (unpaired) electrons. The standard InChI is InChI=1S/C18H15ClN4O3/c1-23-16(13-4-2-3-9-20-13)22-14(15(24)18(23)26)17(25)21-10-11-5-7-12(19)8-6-11/h2-9,24H,10H2,1H3,(H,21,25). The molecule has 1 amide bonds. The molecule has 132 valence electrons. The number of aromatic nitrogens is 3. The third-order valence-electron chi connectivity index (χ3n) is 3.74. The van der Waals surface area contributed by atoms with Crippen LogP contribution in [-0.2, 0) is 13.6 Å². The van der Waals surface area contributed by atoms with Crippen LogP contribution >= 0.6 is 11.6 Å². The van der Waals surface area contributed by atoms with Gasteiger partial charge in [-0.2, -0.15) is 0 Å². The van der Waals surface area contributed by atoms with Gasteiger partial charge in [-0.25, -0.2) is 4.98 Å². The molecule has 2 aromatic heterocycles. The van der Waals surface area contributed by atoms with Crippen molar-refractivity contribution in [3.63, 3.8) is 0 Å². The van der Waals surface area contributed by atoms with E-state index < -0.39 is 17.2 Å². The zero-order valence-corrected chi connectivity index (χ0v) is 14.6. The predicted molar refractivity (Wildman–Crippen MR) is 97.0 cm³/mol.